The second-order valence-electron chi connectivity index (χ2n) is 4.71. The number of methoxy groups -OCH3 is 1. The Morgan fingerprint density at radius 3 is 2.30 bits per heavy atom. The molecule has 1 aromatic carbocycles. The molecule has 1 aromatic rings. The number of carbonyl (C=O) groups excluding carboxylic acids is 1. The van der Waals surface area contributed by atoms with Crippen LogP contribution < -0.4 is 9.47 Å². The van der Waals surface area contributed by atoms with Crippen molar-refractivity contribution in [1.29, 1.82) is 0 Å². The Hall–Kier alpha value is -1.75. The summed E-state index contributed by atoms with van der Waals surface area (Å²) in [4.78, 5) is 15.3. The van der Waals surface area contributed by atoms with E-state index in [1.54, 1.807) is 21.2 Å². The van der Waals surface area contributed by atoms with Crippen molar-refractivity contribution in [2.45, 2.75) is 20.4 Å². The first-order valence-corrected chi connectivity index (χ1v) is 6.80. The molecule has 0 heterocycles. The van der Waals surface area contributed by atoms with Crippen LogP contribution in [0.4, 0.5) is 4.79 Å². The molecule has 0 radical (unpaired) electrons. The van der Waals surface area contributed by atoms with Crippen LogP contribution in [0.25, 0.3) is 0 Å². The predicted molar refractivity (Wildman–Crippen MR) is 79.3 cm³/mol. The fourth-order valence-electron chi connectivity index (χ4n) is 1.79. The first-order valence-electron chi connectivity index (χ1n) is 6.80. The summed E-state index contributed by atoms with van der Waals surface area (Å²) in [6.07, 6.45) is -0.414. The van der Waals surface area contributed by atoms with E-state index in [0.717, 1.165) is 25.2 Å². The van der Waals surface area contributed by atoms with Gasteiger partial charge in [-0.1, -0.05) is 19.9 Å². The van der Waals surface area contributed by atoms with E-state index in [1.165, 1.54) is 4.90 Å². The molecule has 0 aliphatic carbocycles. The van der Waals surface area contributed by atoms with Crippen LogP contribution in [0.5, 0.6) is 11.5 Å². The van der Waals surface area contributed by atoms with Crippen LogP contribution in [0.3, 0.4) is 0 Å². The number of hydrogen-bond donors (Lipinski definition) is 0. The van der Waals surface area contributed by atoms with E-state index in [1.807, 2.05) is 18.2 Å². The van der Waals surface area contributed by atoms with Gasteiger partial charge in [-0.15, -0.1) is 0 Å². The van der Waals surface area contributed by atoms with Crippen LogP contribution in [-0.2, 0) is 6.54 Å². The van der Waals surface area contributed by atoms with Gasteiger partial charge in [-0.25, -0.2) is 4.79 Å². The molecule has 20 heavy (non-hydrogen) atoms. The van der Waals surface area contributed by atoms with E-state index >= 15 is 0 Å². The van der Waals surface area contributed by atoms with Gasteiger partial charge in [-0.05, 0) is 30.8 Å². The van der Waals surface area contributed by atoms with Gasteiger partial charge < -0.3 is 14.4 Å². The standard InChI is InChI=1S/C15H24N2O3/c1-6-17(7-2)11-12-8-9-13(19-5)14(10-12)20-15(18)16(3)4/h8-10H,6-7,11H2,1-5H3. The Morgan fingerprint density at radius 1 is 1.15 bits per heavy atom. The summed E-state index contributed by atoms with van der Waals surface area (Å²) in [5.41, 5.74) is 1.09. The SMILES string of the molecule is CCN(CC)Cc1ccc(OC)c(OC(=O)N(C)C)c1. The van der Waals surface area contributed by atoms with Gasteiger partial charge in [0.25, 0.3) is 0 Å². The molecule has 5 nitrogen and oxygen atoms in total. The van der Waals surface area contributed by atoms with Crippen molar-refractivity contribution >= 4 is 6.09 Å². The van der Waals surface area contributed by atoms with Crippen LogP contribution in [-0.4, -0.2) is 50.2 Å². The first kappa shape index (κ1) is 16.3. The number of ether oxygens (including phenoxy) is 2. The Balaban J connectivity index is 2.93. The van der Waals surface area contributed by atoms with Crippen LogP contribution >= 0.6 is 0 Å². The maximum atomic E-state index is 11.7. The second kappa shape index (κ2) is 7.75. The zero-order valence-corrected chi connectivity index (χ0v) is 13.0. The van der Waals surface area contributed by atoms with Crippen LogP contribution in [0, 0.1) is 0 Å². The smallest absolute Gasteiger partial charge is 0.414 e. The molecule has 0 atom stereocenters. The topological polar surface area (TPSA) is 42.0 Å². The highest BCUT2D eigenvalue weighted by molar-refractivity contribution is 5.71. The Morgan fingerprint density at radius 2 is 1.80 bits per heavy atom. The third kappa shape index (κ3) is 4.42. The molecular formula is C15H24N2O3. The minimum atomic E-state index is -0.414. The van der Waals surface area contributed by atoms with E-state index in [4.69, 9.17) is 9.47 Å². The summed E-state index contributed by atoms with van der Waals surface area (Å²) in [7, 11) is 4.86. The van der Waals surface area contributed by atoms with Crippen LogP contribution in [0.1, 0.15) is 19.4 Å². The minimum absolute atomic E-state index is 0.414. The second-order valence-corrected chi connectivity index (χ2v) is 4.71. The fourth-order valence-corrected chi connectivity index (χ4v) is 1.79. The monoisotopic (exact) mass is 280 g/mol. The molecule has 0 saturated heterocycles. The quantitative estimate of drug-likeness (QED) is 0.803. The zero-order chi connectivity index (χ0) is 15.1. The number of hydrogen-bond acceptors (Lipinski definition) is 4. The van der Waals surface area contributed by atoms with Gasteiger partial charge in [0, 0.05) is 20.6 Å². The highest BCUT2D eigenvalue weighted by atomic mass is 16.6. The van der Waals surface area contributed by atoms with Gasteiger partial charge in [0.2, 0.25) is 0 Å². The number of benzene rings is 1. The van der Waals surface area contributed by atoms with Crippen molar-refractivity contribution in [3.05, 3.63) is 23.8 Å². The summed E-state index contributed by atoms with van der Waals surface area (Å²) in [6, 6.07) is 5.68. The van der Waals surface area contributed by atoms with E-state index in [2.05, 4.69) is 18.7 Å². The molecule has 0 aliphatic rings. The zero-order valence-electron chi connectivity index (χ0n) is 13.0. The van der Waals surface area contributed by atoms with Crippen molar-refractivity contribution in [2.24, 2.45) is 0 Å². The van der Waals surface area contributed by atoms with Crippen molar-refractivity contribution in [3.63, 3.8) is 0 Å². The Labute approximate surface area is 121 Å². The maximum Gasteiger partial charge on any atom is 0.414 e. The molecule has 1 rings (SSSR count). The van der Waals surface area contributed by atoms with Gasteiger partial charge in [0.15, 0.2) is 11.5 Å². The molecule has 112 valence electrons. The van der Waals surface area contributed by atoms with E-state index in [0.29, 0.717) is 11.5 Å². The largest absolute Gasteiger partial charge is 0.493 e. The lowest BCUT2D eigenvalue weighted by Crippen LogP contribution is -2.25. The maximum absolute atomic E-state index is 11.7. The average Bonchev–Trinajstić information content (AvgIpc) is 2.44. The number of nitrogens with zero attached hydrogens (tertiary/aromatic N) is 2. The molecule has 0 N–H and O–H groups in total. The fraction of sp³-hybridized carbons (Fsp3) is 0.533. The lowest BCUT2D eigenvalue weighted by molar-refractivity contribution is 0.170. The van der Waals surface area contributed by atoms with Gasteiger partial charge in [-0.3, -0.25) is 4.90 Å². The van der Waals surface area contributed by atoms with E-state index in [-0.39, 0.29) is 0 Å². The molecule has 0 bridgehead atoms. The molecule has 0 saturated carbocycles. The number of rotatable bonds is 6. The third-order valence-corrected chi connectivity index (χ3v) is 3.09. The third-order valence-electron chi connectivity index (χ3n) is 3.09. The highest BCUT2D eigenvalue weighted by Gasteiger charge is 2.13. The molecule has 0 aliphatic heterocycles. The molecule has 1 amide bonds. The molecule has 0 unspecified atom stereocenters. The minimum Gasteiger partial charge on any atom is -0.493 e. The summed E-state index contributed by atoms with van der Waals surface area (Å²) < 4.78 is 10.6. The normalized spacial score (nSPS) is 10.5. The lowest BCUT2D eigenvalue weighted by Gasteiger charge is -2.19. The van der Waals surface area contributed by atoms with Gasteiger partial charge >= 0.3 is 6.09 Å². The molecule has 0 aromatic heterocycles. The van der Waals surface area contributed by atoms with Gasteiger partial charge in [0.05, 0.1) is 7.11 Å². The van der Waals surface area contributed by atoms with Crippen LogP contribution in [0.2, 0.25) is 0 Å². The van der Waals surface area contributed by atoms with Crippen molar-refractivity contribution < 1.29 is 14.3 Å². The van der Waals surface area contributed by atoms with Crippen molar-refractivity contribution in [3.8, 4) is 11.5 Å². The summed E-state index contributed by atoms with van der Waals surface area (Å²) in [6.45, 7) is 7.04. The van der Waals surface area contributed by atoms with Crippen molar-refractivity contribution in [1.82, 2.24) is 9.80 Å². The Bertz CT molecular complexity index is 443. The van der Waals surface area contributed by atoms with Gasteiger partial charge in [-0.2, -0.15) is 0 Å². The summed E-state index contributed by atoms with van der Waals surface area (Å²) >= 11 is 0. The molecule has 5 heteroatoms. The number of amides is 1. The number of carbonyl (C=O) groups is 1. The predicted octanol–water partition coefficient (Wildman–Crippen LogP) is 2.60. The van der Waals surface area contributed by atoms with E-state index in [9.17, 15) is 4.79 Å². The lowest BCUT2D eigenvalue weighted by atomic mass is 10.2. The van der Waals surface area contributed by atoms with Crippen molar-refractivity contribution in [2.75, 3.05) is 34.3 Å². The molecular weight excluding hydrogens is 256 g/mol. The van der Waals surface area contributed by atoms with Crippen LogP contribution in [0.15, 0.2) is 18.2 Å². The first-order chi connectivity index (χ1) is 9.51. The molecule has 0 spiro atoms. The molecule has 0 fully saturated rings. The Kier molecular flexibility index (Phi) is 6.31. The summed E-state index contributed by atoms with van der Waals surface area (Å²) in [5.74, 6) is 1.01. The summed E-state index contributed by atoms with van der Waals surface area (Å²) in [5, 5.41) is 0. The van der Waals surface area contributed by atoms with Gasteiger partial charge in [0.1, 0.15) is 0 Å². The average molecular weight is 280 g/mol. The van der Waals surface area contributed by atoms with E-state index < -0.39 is 6.09 Å². The highest BCUT2D eigenvalue weighted by Crippen LogP contribution is 2.29.